The van der Waals surface area contributed by atoms with Crippen molar-refractivity contribution in [3.05, 3.63) is 65.4 Å². The van der Waals surface area contributed by atoms with Gasteiger partial charge in [-0.05, 0) is 35.4 Å². The summed E-state index contributed by atoms with van der Waals surface area (Å²) in [5, 5.41) is 1.12. The van der Waals surface area contributed by atoms with Crippen LogP contribution in [0.3, 0.4) is 0 Å². The third kappa shape index (κ3) is 4.27. The second-order valence-corrected chi connectivity index (χ2v) is 7.16. The van der Waals surface area contributed by atoms with Crippen LogP contribution in [0.4, 0.5) is 0 Å². The third-order valence-corrected chi connectivity index (χ3v) is 5.32. The number of benzene rings is 2. The number of nitrogens with zero attached hydrogens (tertiary/aromatic N) is 2. The number of aromatic nitrogens is 1. The minimum Gasteiger partial charge on any atom is -0.497 e. The summed E-state index contributed by atoms with van der Waals surface area (Å²) in [6.45, 7) is 4.89. The first-order valence-corrected chi connectivity index (χ1v) is 9.64. The van der Waals surface area contributed by atoms with E-state index in [4.69, 9.17) is 15.4 Å². The third-order valence-electron chi connectivity index (χ3n) is 5.32. The smallest absolute Gasteiger partial charge is 0.356 e. The molecule has 0 saturated carbocycles. The molecular formula is C22H25N3O4. The van der Waals surface area contributed by atoms with Crippen LogP contribution in [0.5, 0.6) is 5.75 Å². The van der Waals surface area contributed by atoms with E-state index >= 15 is 0 Å². The quantitative estimate of drug-likeness (QED) is 0.647. The molecule has 0 spiro atoms. The topological polar surface area (TPSA) is 79.0 Å². The molecule has 0 atom stereocenters. The second-order valence-electron chi connectivity index (χ2n) is 7.16. The van der Waals surface area contributed by atoms with Gasteiger partial charge in [0.05, 0.1) is 25.9 Å². The molecule has 0 amide bonds. The Labute approximate surface area is 169 Å². The molecule has 0 bridgehead atoms. The fourth-order valence-corrected chi connectivity index (χ4v) is 3.75. The van der Waals surface area contributed by atoms with Gasteiger partial charge in [-0.25, -0.2) is 4.79 Å². The molecule has 29 heavy (non-hydrogen) atoms. The van der Waals surface area contributed by atoms with Gasteiger partial charge in [-0.2, -0.15) is 5.90 Å². The Bertz CT molecular complexity index is 991. The first-order valence-electron chi connectivity index (χ1n) is 9.64. The van der Waals surface area contributed by atoms with Gasteiger partial charge in [0, 0.05) is 43.3 Å². The fraction of sp³-hybridized carbons (Fsp3) is 0.318. The predicted octanol–water partition coefficient (Wildman–Crippen LogP) is 2.56. The molecule has 2 aromatic carbocycles. The molecule has 152 valence electrons. The van der Waals surface area contributed by atoms with Crippen molar-refractivity contribution in [2.24, 2.45) is 5.90 Å². The normalized spacial score (nSPS) is 14.8. The minimum atomic E-state index is -0.543. The van der Waals surface area contributed by atoms with E-state index in [0.717, 1.165) is 55.1 Å². The summed E-state index contributed by atoms with van der Waals surface area (Å²) in [6, 6.07) is 13.6. The van der Waals surface area contributed by atoms with Crippen LogP contribution in [0.25, 0.3) is 10.9 Å². The van der Waals surface area contributed by atoms with Crippen molar-refractivity contribution in [1.82, 2.24) is 9.47 Å². The second kappa shape index (κ2) is 8.65. The number of morpholine rings is 1. The average Bonchev–Trinajstić information content (AvgIpc) is 3.10. The molecule has 0 radical (unpaired) electrons. The molecule has 1 fully saturated rings. The lowest BCUT2D eigenvalue weighted by Crippen LogP contribution is -2.35. The molecule has 7 nitrogen and oxygen atoms in total. The highest BCUT2D eigenvalue weighted by atomic mass is 16.7. The number of carbonyl (C=O) groups excluding carboxylic acids is 1. The molecular weight excluding hydrogens is 370 g/mol. The van der Waals surface area contributed by atoms with E-state index in [2.05, 4.69) is 20.5 Å². The number of rotatable bonds is 6. The minimum absolute atomic E-state index is 0.437. The first kappa shape index (κ1) is 19.4. The standard InChI is InChI=1S/C22H25N3O4/c1-27-19-5-2-16(3-6-19)13-25-15-18(14-24-8-10-28-11-9-24)20-7-4-17(12-21(20)25)22(26)29-23/h2-7,12,15H,8-11,13-14,23H2,1H3. The maximum Gasteiger partial charge on any atom is 0.356 e. The Morgan fingerprint density at radius 3 is 2.55 bits per heavy atom. The summed E-state index contributed by atoms with van der Waals surface area (Å²) in [4.78, 5) is 18.7. The van der Waals surface area contributed by atoms with Crippen LogP contribution < -0.4 is 10.6 Å². The largest absolute Gasteiger partial charge is 0.497 e. The maximum atomic E-state index is 11.9. The summed E-state index contributed by atoms with van der Waals surface area (Å²) < 4.78 is 12.9. The summed E-state index contributed by atoms with van der Waals surface area (Å²) >= 11 is 0. The monoisotopic (exact) mass is 395 g/mol. The van der Waals surface area contributed by atoms with Gasteiger partial charge in [-0.1, -0.05) is 18.2 Å². The van der Waals surface area contributed by atoms with Crippen molar-refractivity contribution in [3.8, 4) is 5.75 Å². The lowest BCUT2D eigenvalue weighted by Gasteiger charge is -2.26. The Hall–Kier alpha value is -2.87. The zero-order chi connectivity index (χ0) is 20.2. The highest BCUT2D eigenvalue weighted by Crippen LogP contribution is 2.26. The molecule has 1 aromatic heterocycles. The highest BCUT2D eigenvalue weighted by Gasteiger charge is 2.17. The van der Waals surface area contributed by atoms with Crippen LogP contribution in [0.15, 0.2) is 48.7 Å². The number of hydrogen-bond donors (Lipinski definition) is 1. The number of nitrogens with two attached hydrogens (primary N) is 1. The number of hydrogen-bond acceptors (Lipinski definition) is 6. The summed E-state index contributed by atoms with van der Waals surface area (Å²) in [5.74, 6) is 5.36. The molecule has 7 heteroatoms. The molecule has 1 aliphatic heterocycles. The predicted molar refractivity (Wildman–Crippen MR) is 110 cm³/mol. The fourth-order valence-electron chi connectivity index (χ4n) is 3.75. The SMILES string of the molecule is COc1ccc(Cn2cc(CN3CCOCC3)c3ccc(C(=O)ON)cc32)cc1. The van der Waals surface area contributed by atoms with E-state index in [9.17, 15) is 4.79 Å². The van der Waals surface area contributed by atoms with Gasteiger partial charge in [0.2, 0.25) is 0 Å². The average molecular weight is 395 g/mol. The van der Waals surface area contributed by atoms with Crippen LogP contribution in [0.1, 0.15) is 21.5 Å². The molecule has 4 rings (SSSR count). The van der Waals surface area contributed by atoms with Gasteiger partial charge < -0.3 is 18.9 Å². The van der Waals surface area contributed by atoms with Gasteiger partial charge in [0.15, 0.2) is 0 Å². The van der Waals surface area contributed by atoms with E-state index < -0.39 is 5.97 Å². The van der Waals surface area contributed by atoms with Crippen LogP contribution in [0, 0.1) is 0 Å². The molecule has 0 aliphatic carbocycles. The van der Waals surface area contributed by atoms with Crippen molar-refractivity contribution in [1.29, 1.82) is 0 Å². The lowest BCUT2D eigenvalue weighted by atomic mass is 10.1. The Balaban J connectivity index is 1.70. The number of methoxy groups -OCH3 is 1. The molecule has 1 aliphatic rings. The Kier molecular flexibility index (Phi) is 5.80. The van der Waals surface area contributed by atoms with Crippen molar-refractivity contribution in [2.45, 2.75) is 13.1 Å². The van der Waals surface area contributed by atoms with Crippen LogP contribution in [-0.2, 0) is 22.7 Å². The highest BCUT2D eigenvalue weighted by molar-refractivity contribution is 5.95. The maximum absolute atomic E-state index is 11.9. The van der Waals surface area contributed by atoms with Gasteiger partial charge in [-0.15, -0.1) is 0 Å². The van der Waals surface area contributed by atoms with Gasteiger partial charge in [-0.3, -0.25) is 4.90 Å². The summed E-state index contributed by atoms with van der Waals surface area (Å²) in [7, 11) is 1.66. The van der Waals surface area contributed by atoms with Crippen molar-refractivity contribution in [2.75, 3.05) is 33.4 Å². The summed E-state index contributed by atoms with van der Waals surface area (Å²) in [5.41, 5.74) is 3.79. The van der Waals surface area contributed by atoms with E-state index in [-0.39, 0.29) is 0 Å². The van der Waals surface area contributed by atoms with Gasteiger partial charge >= 0.3 is 5.97 Å². The van der Waals surface area contributed by atoms with E-state index in [0.29, 0.717) is 12.1 Å². The van der Waals surface area contributed by atoms with Crippen molar-refractivity contribution >= 4 is 16.9 Å². The number of carbonyl (C=O) groups is 1. The molecule has 3 aromatic rings. The first-order chi connectivity index (χ1) is 14.2. The van der Waals surface area contributed by atoms with Crippen molar-refractivity contribution < 1.29 is 19.1 Å². The zero-order valence-electron chi connectivity index (χ0n) is 16.5. The van der Waals surface area contributed by atoms with Crippen LogP contribution in [0.2, 0.25) is 0 Å². The lowest BCUT2D eigenvalue weighted by molar-refractivity contribution is 0.0343. The van der Waals surface area contributed by atoms with Gasteiger partial charge in [0.25, 0.3) is 0 Å². The summed E-state index contributed by atoms with van der Waals surface area (Å²) in [6.07, 6.45) is 2.17. The molecule has 1 saturated heterocycles. The van der Waals surface area contributed by atoms with Crippen molar-refractivity contribution in [3.63, 3.8) is 0 Å². The Morgan fingerprint density at radius 2 is 1.86 bits per heavy atom. The van der Waals surface area contributed by atoms with E-state index in [1.165, 1.54) is 5.56 Å². The molecule has 0 unspecified atom stereocenters. The number of ether oxygens (including phenoxy) is 2. The van der Waals surface area contributed by atoms with E-state index in [1.54, 1.807) is 13.2 Å². The van der Waals surface area contributed by atoms with E-state index in [1.807, 2.05) is 36.4 Å². The van der Waals surface area contributed by atoms with Crippen LogP contribution in [-0.4, -0.2) is 48.8 Å². The Morgan fingerprint density at radius 1 is 1.10 bits per heavy atom. The zero-order valence-corrected chi connectivity index (χ0v) is 16.5. The number of fused-ring (bicyclic) bond motifs is 1. The van der Waals surface area contributed by atoms with Crippen LogP contribution >= 0.6 is 0 Å². The molecule has 2 N–H and O–H groups in total. The van der Waals surface area contributed by atoms with Gasteiger partial charge in [0.1, 0.15) is 5.75 Å². The molecule has 2 heterocycles.